The van der Waals surface area contributed by atoms with Crippen molar-refractivity contribution in [2.75, 3.05) is 0 Å². The van der Waals surface area contributed by atoms with Crippen LogP contribution in [-0.2, 0) is 5.41 Å². The summed E-state index contributed by atoms with van der Waals surface area (Å²) in [5.41, 5.74) is 1.57. The Morgan fingerprint density at radius 3 is 2.08 bits per heavy atom. The van der Waals surface area contributed by atoms with Crippen LogP contribution in [0.5, 0.6) is 0 Å². The van der Waals surface area contributed by atoms with Crippen LogP contribution in [0.1, 0.15) is 92.6 Å². The Balaban J connectivity index is 2.97. The van der Waals surface area contributed by atoms with Gasteiger partial charge < -0.3 is 0 Å². The zero-order valence-corrected chi connectivity index (χ0v) is 19.3. The summed E-state index contributed by atoms with van der Waals surface area (Å²) < 4.78 is 0.629. The van der Waals surface area contributed by atoms with Crippen molar-refractivity contribution in [2.45, 2.75) is 90.4 Å². The Kier molecular flexibility index (Phi) is 7.70. The predicted molar refractivity (Wildman–Crippen MR) is 114 cm³/mol. The maximum Gasteiger partial charge on any atom is 0.131 e. The van der Waals surface area contributed by atoms with E-state index in [9.17, 15) is 0 Å². The fourth-order valence-electron chi connectivity index (χ4n) is 3.18. The van der Waals surface area contributed by atoms with Crippen molar-refractivity contribution in [1.82, 2.24) is 9.97 Å². The molecule has 0 radical (unpaired) electrons. The number of nitrogens with zero attached hydrogens (tertiary/aromatic N) is 2. The summed E-state index contributed by atoms with van der Waals surface area (Å²) in [4.78, 5) is 9.58. The molecule has 3 atom stereocenters. The number of halogens is 1. The lowest BCUT2D eigenvalue weighted by molar-refractivity contribution is 0.300. The Labute approximate surface area is 163 Å². The molecule has 138 valence electrons. The molecule has 0 fully saturated rings. The normalized spacial score (nSPS) is 17.0. The predicted octanol–water partition coefficient (Wildman–Crippen LogP) is 6.78. The third-order valence-corrected chi connectivity index (χ3v) is 7.37. The summed E-state index contributed by atoms with van der Waals surface area (Å²) in [6, 6.07) is 2.11. The first-order chi connectivity index (χ1) is 10.9. The lowest BCUT2D eigenvalue weighted by atomic mass is 9.77. The van der Waals surface area contributed by atoms with Crippen molar-refractivity contribution < 1.29 is 0 Å². The summed E-state index contributed by atoms with van der Waals surface area (Å²) in [5.74, 6) is 2.78. The first-order valence-electron chi connectivity index (χ1n) is 9.34. The van der Waals surface area contributed by atoms with Crippen LogP contribution in [0, 0.1) is 17.3 Å². The Morgan fingerprint density at radius 1 is 1.00 bits per heavy atom. The highest BCUT2D eigenvalue weighted by Crippen LogP contribution is 2.37. The molecule has 3 heteroatoms. The van der Waals surface area contributed by atoms with Gasteiger partial charge in [0.25, 0.3) is 0 Å². The molecule has 2 nitrogen and oxygen atoms in total. The van der Waals surface area contributed by atoms with Crippen molar-refractivity contribution in [3.63, 3.8) is 0 Å². The number of alkyl halides is 1. The minimum absolute atomic E-state index is 0.0904. The molecule has 1 rings (SSSR count). The van der Waals surface area contributed by atoms with Crippen molar-refractivity contribution >= 4 is 22.6 Å². The zero-order valence-electron chi connectivity index (χ0n) is 17.2. The number of hydrogen-bond donors (Lipinski definition) is 0. The molecule has 1 aromatic rings. The maximum absolute atomic E-state index is 4.99. The van der Waals surface area contributed by atoms with E-state index < -0.39 is 0 Å². The molecule has 3 unspecified atom stereocenters. The minimum atomic E-state index is 0.0904. The fraction of sp³-hybridized carbons (Fsp3) is 0.810. The van der Waals surface area contributed by atoms with Crippen LogP contribution in [-0.4, -0.2) is 13.9 Å². The van der Waals surface area contributed by atoms with E-state index in [-0.39, 0.29) is 5.41 Å². The van der Waals surface area contributed by atoms with Gasteiger partial charge in [-0.1, -0.05) is 84.9 Å². The van der Waals surface area contributed by atoms with E-state index in [1.54, 1.807) is 0 Å². The van der Waals surface area contributed by atoms with Crippen molar-refractivity contribution in [3.8, 4) is 0 Å². The third-order valence-electron chi connectivity index (χ3n) is 5.69. The summed E-state index contributed by atoms with van der Waals surface area (Å²) in [7, 11) is 0. The van der Waals surface area contributed by atoms with Gasteiger partial charge in [-0.05, 0) is 36.2 Å². The SMILES string of the molecule is CC(CC(C)(C)C(C)I)c1nccc(C(C)(C)CC(C)C(C)C)n1. The van der Waals surface area contributed by atoms with Crippen LogP contribution in [0.25, 0.3) is 0 Å². The molecule has 0 saturated heterocycles. The Hall–Kier alpha value is -0.190. The van der Waals surface area contributed by atoms with E-state index in [0.29, 0.717) is 27.1 Å². The van der Waals surface area contributed by atoms with Crippen LogP contribution >= 0.6 is 22.6 Å². The largest absolute Gasteiger partial charge is 0.241 e. The molecule has 1 aromatic heterocycles. The molecular formula is C21H37IN2. The molecule has 0 amide bonds. The molecule has 24 heavy (non-hydrogen) atoms. The van der Waals surface area contributed by atoms with Crippen molar-refractivity contribution in [1.29, 1.82) is 0 Å². The van der Waals surface area contributed by atoms with Crippen molar-refractivity contribution in [3.05, 3.63) is 23.8 Å². The van der Waals surface area contributed by atoms with E-state index >= 15 is 0 Å². The molecule has 0 spiro atoms. The molecule has 1 heterocycles. The maximum atomic E-state index is 4.99. The van der Waals surface area contributed by atoms with Crippen molar-refractivity contribution in [2.24, 2.45) is 17.3 Å². The highest BCUT2D eigenvalue weighted by molar-refractivity contribution is 14.1. The van der Waals surface area contributed by atoms with Crippen LogP contribution < -0.4 is 0 Å². The second kappa shape index (κ2) is 8.46. The summed E-state index contributed by atoms with van der Waals surface area (Å²) in [5, 5.41) is 0. The first-order valence-corrected chi connectivity index (χ1v) is 10.6. The average molecular weight is 444 g/mol. The van der Waals surface area contributed by atoms with Gasteiger partial charge in [-0.25, -0.2) is 9.97 Å². The number of aromatic nitrogens is 2. The summed E-state index contributed by atoms with van der Waals surface area (Å²) in [6.07, 6.45) is 4.23. The van der Waals surface area contributed by atoms with Gasteiger partial charge in [0, 0.05) is 27.1 Å². The smallest absolute Gasteiger partial charge is 0.131 e. The molecule has 0 aliphatic heterocycles. The lowest BCUT2D eigenvalue weighted by Crippen LogP contribution is -2.26. The van der Waals surface area contributed by atoms with Gasteiger partial charge in [-0.2, -0.15) is 0 Å². The molecular weight excluding hydrogens is 407 g/mol. The number of hydrogen-bond acceptors (Lipinski definition) is 2. The highest BCUT2D eigenvalue weighted by atomic mass is 127. The molecule has 0 aliphatic rings. The van der Waals surface area contributed by atoms with Crippen LogP contribution in [0.4, 0.5) is 0 Å². The minimum Gasteiger partial charge on any atom is -0.241 e. The standard InChI is InChI=1S/C21H37IN2/c1-14(2)15(3)12-21(8,9)18-10-11-23-19(24-18)16(4)13-20(6,7)17(5)22/h10-11,14-17H,12-13H2,1-9H3. The Morgan fingerprint density at radius 2 is 1.58 bits per heavy atom. The van der Waals surface area contributed by atoms with Gasteiger partial charge in [0.1, 0.15) is 5.82 Å². The number of rotatable bonds is 8. The van der Waals surface area contributed by atoms with Crippen LogP contribution in [0.3, 0.4) is 0 Å². The van der Waals surface area contributed by atoms with Gasteiger partial charge in [0.2, 0.25) is 0 Å². The second-order valence-corrected chi connectivity index (χ2v) is 11.2. The van der Waals surface area contributed by atoms with Gasteiger partial charge >= 0.3 is 0 Å². The van der Waals surface area contributed by atoms with E-state index in [4.69, 9.17) is 4.98 Å². The zero-order chi connectivity index (χ0) is 18.7. The second-order valence-electron chi connectivity index (χ2n) is 9.32. The third kappa shape index (κ3) is 5.96. The van der Waals surface area contributed by atoms with Crippen LogP contribution in [0.2, 0.25) is 0 Å². The van der Waals surface area contributed by atoms with Crippen LogP contribution in [0.15, 0.2) is 12.3 Å². The lowest BCUT2D eigenvalue weighted by Gasteiger charge is -2.32. The van der Waals surface area contributed by atoms with E-state index in [1.807, 2.05) is 6.20 Å². The quantitative estimate of drug-likeness (QED) is 0.326. The van der Waals surface area contributed by atoms with Gasteiger partial charge in [0.15, 0.2) is 0 Å². The fourth-order valence-corrected chi connectivity index (χ4v) is 3.43. The summed E-state index contributed by atoms with van der Waals surface area (Å²) >= 11 is 2.54. The molecule has 0 N–H and O–H groups in total. The van der Waals surface area contributed by atoms with Gasteiger partial charge in [-0.3, -0.25) is 0 Å². The Bertz CT molecular complexity index is 520. The first kappa shape index (κ1) is 21.9. The van der Waals surface area contributed by atoms with E-state index in [0.717, 1.165) is 18.7 Å². The topological polar surface area (TPSA) is 25.8 Å². The van der Waals surface area contributed by atoms with Gasteiger partial charge in [0.05, 0.1) is 0 Å². The highest BCUT2D eigenvalue weighted by Gasteiger charge is 2.30. The monoisotopic (exact) mass is 444 g/mol. The molecule has 0 aromatic carbocycles. The average Bonchev–Trinajstić information content (AvgIpc) is 2.46. The molecule has 0 bridgehead atoms. The summed E-state index contributed by atoms with van der Waals surface area (Å²) in [6.45, 7) is 20.9. The molecule has 0 aliphatic carbocycles. The van der Waals surface area contributed by atoms with E-state index in [1.165, 1.54) is 5.69 Å². The van der Waals surface area contributed by atoms with E-state index in [2.05, 4.69) is 96.0 Å². The molecule has 0 saturated carbocycles. The van der Waals surface area contributed by atoms with Gasteiger partial charge in [-0.15, -0.1) is 0 Å².